The van der Waals surface area contributed by atoms with Gasteiger partial charge >= 0.3 is 6.18 Å². The summed E-state index contributed by atoms with van der Waals surface area (Å²) in [5, 5.41) is 8.40. The van der Waals surface area contributed by atoms with Gasteiger partial charge in [0.1, 0.15) is 0 Å². The van der Waals surface area contributed by atoms with E-state index in [1.54, 1.807) is 0 Å². The van der Waals surface area contributed by atoms with Gasteiger partial charge in [0.25, 0.3) is 0 Å². The second kappa shape index (κ2) is 3.59. The number of ether oxygens (including phenoxy) is 1. The molecule has 1 aliphatic heterocycles. The van der Waals surface area contributed by atoms with Crippen molar-refractivity contribution >= 4 is 0 Å². The van der Waals surface area contributed by atoms with E-state index in [1.165, 1.54) is 0 Å². The van der Waals surface area contributed by atoms with Gasteiger partial charge in [0.05, 0.1) is 0 Å². The molecule has 0 aliphatic carbocycles. The molecule has 3 nitrogen and oxygen atoms in total. The van der Waals surface area contributed by atoms with E-state index in [-0.39, 0.29) is 13.0 Å². The highest BCUT2D eigenvalue weighted by Gasteiger charge is 2.43. The normalized spacial score (nSPS) is 32.0. The Bertz CT molecular complexity index is 150. The van der Waals surface area contributed by atoms with E-state index >= 15 is 0 Å². The monoisotopic (exact) mass is 185 g/mol. The van der Waals surface area contributed by atoms with Crippen LogP contribution in [0.15, 0.2) is 0 Å². The van der Waals surface area contributed by atoms with E-state index < -0.39 is 18.3 Å². The van der Waals surface area contributed by atoms with Gasteiger partial charge in [-0.3, -0.25) is 0 Å². The molecule has 2 atom stereocenters. The number of nitrogens with one attached hydrogen (secondary N) is 1. The maximum Gasteiger partial charge on any atom is 0.414 e. The Hall–Kier alpha value is -0.330. The van der Waals surface area contributed by atoms with Crippen molar-refractivity contribution in [2.75, 3.05) is 6.61 Å². The summed E-state index contributed by atoms with van der Waals surface area (Å²) in [4.78, 5) is 0. The lowest BCUT2D eigenvalue weighted by molar-refractivity contribution is -0.235. The molecule has 1 aliphatic rings. The van der Waals surface area contributed by atoms with Crippen LogP contribution in [-0.4, -0.2) is 30.1 Å². The fourth-order valence-corrected chi connectivity index (χ4v) is 1.14. The minimum absolute atomic E-state index is 0.0302. The Balaban J connectivity index is 2.46. The first-order valence-electron chi connectivity index (χ1n) is 3.62. The van der Waals surface area contributed by atoms with Crippen molar-refractivity contribution in [1.29, 1.82) is 0 Å². The third-order valence-electron chi connectivity index (χ3n) is 1.83. The second-order valence-electron chi connectivity index (χ2n) is 2.75. The number of hydroxylamine groups is 1. The van der Waals surface area contributed by atoms with Crippen LogP contribution < -0.4 is 5.48 Å². The Morgan fingerprint density at radius 3 is 2.58 bits per heavy atom. The molecule has 6 heteroatoms. The molecule has 0 saturated carbocycles. The molecule has 72 valence electrons. The maximum atomic E-state index is 12.0. The molecule has 1 rings (SSSR count). The molecule has 1 heterocycles. The highest BCUT2D eigenvalue weighted by atomic mass is 19.4. The Kier molecular flexibility index (Phi) is 2.92. The summed E-state index contributed by atoms with van der Waals surface area (Å²) in [5.74, 6) is 0. The van der Waals surface area contributed by atoms with Crippen LogP contribution in [0.4, 0.5) is 13.2 Å². The van der Waals surface area contributed by atoms with Crippen LogP contribution in [0.3, 0.4) is 0 Å². The third-order valence-corrected chi connectivity index (χ3v) is 1.83. The summed E-state index contributed by atoms with van der Waals surface area (Å²) in [7, 11) is 0. The summed E-state index contributed by atoms with van der Waals surface area (Å²) in [6.45, 7) is 0.0302. The van der Waals surface area contributed by atoms with Crippen LogP contribution in [0.2, 0.25) is 0 Å². The predicted octanol–water partition coefficient (Wildman–Crippen LogP) is 1.08. The lowest BCUT2D eigenvalue weighted by Crippen LogP contribution is -2.44. The number of hydrogen-bond acceptors (Lipinski definition) is 3. The van der Waals surface area contributed by atoms with Crippen molar-refractivity contribution in [3.63, 3.8) is 0 Å². The standard InChI is InChI=1S/C6H10F3NO2/c7-6(8,9)5-3-4(10-11)1-2-12-5/h4-5,10-11H,1-3H2. The fourth-order valence-electron chi connectivity index (χ4n) is 1.14. The lowest BCUT2D eigenvalue weighted by atomic mass is 10.0. The van der Waals surface area contributed by atoms with Gasteiger partial charge in [0.15, 0.2) is 6.10 Å². The molecule has 0 aromatic heterocycles. The molecule has 0 bridgehead atoms. The van der Waals surface area contributed by atoms with E-state index in [1.807, 2.05) is 5.48 Å². The van der Waals surface area contributed by atoms with Gasteiger partial charge in [0.2, 0.25) is 0 Å². The first kappa shape index (κ1) is 9.76. The van der Waals surface area contributed by atoms with Crippen LogP contribution in [0.5, 0.6) is 0 Å². The molecule has 1 fully saturated rings. The molecule has 0 aromatic carbocycles. The number of halogens is 3. The number of alkyl halides is 3. The zero-order valence-corrected chi connectivity index (χ0v) is 6.27. The van der Waals surface area contributed by atoms with Gasteiger partial charge in [-0.25, -0.2) is 5.48 Å². The van der Waals surface area contributed by atoms with E-state index in [2.05, 4.69) is 4.74 Å². The van der Waals surface area contributed by atoms with Crippen LogP contribution in [0.1, 0.15) is 12.8 Å². The quantitative estimate of drug-likeness (QED) is 0.600. The van der Waals surface area contributed by atoms with E-state index in [4.69, 9.17) is 5.21 Å². The molecule has 0 spiro atoms. The highest BCUT2D eigenvalue weighted by Crippen LogP contribution is 2.29. The summed E-state index contributed by atoms with van der Waals surface area (Å²) in [6.07, 6.45) is -5.88. The van der Waals surface area contributed by atoms with Gasteiger partial charge in [-0.15, -0.1) is 0 Å². The molecule has 0 amide bonds. The van der Waals surface area contributed by atoms with E-state index in [9.17, 15) is 13.2 Å². The third kappa shape index (κ3) is 2.33. The average molecular weight is 185 g/mol. The Labute approximate surface area is 67.5 Å². The summed E-state index contributed by atoms with van der Waals surface area (Å²) >= 11 is 0. The van der Waals surface area contributed by atoms with Crippen molar-refractivity contribution in [1.82, 2.24) is 5.48 Å². The number of hydrogen-bond donors (Lipinski definition) is 2. The Morgan fingerprint density at radius 2 is 2.08 bits per heavy atom. The van der Waals surface area contributed by atoms with Crippen LogP contribution in [0, 0.1) is 0 Å². The lowest BCUT2D eigenvalue weighted by Gasteiger charge is -2.29. The maximum absolute atomic E-state index is 12.0. The summed E-state index contributed by atoms with van der Waals surface area (Å²) in [5.41, 5.74) is 1.83. The van der Waals surface area contributed by atoms with Gasteiger partial charge in [-0.1, -0.05) is 0 Å². The highest BCUT2D eigenvalue weighted by molar-refractivity contribution is 4.78. The van der Waals surface area contributed by atoms with Crippen molar-refractivity contribution in [2.45, 2.75) is 31.2 Å². The van der Waals surface area contributed by atoms with Crippen molar-refractivity contribution in [2.24, 2.45) is 0 Å². The topological polar surface area (TPSA) is 41.5 Å². The van der Waals surface area contributed by atoms with Crippen LogP contribution in [-0.2, 0) is 4.74 Å². The van der Waals surface area contributed by atoms with E-state index in [0.717, 1.165) is 0 Å². The van der Waals surface area contributed by atoms with Gasteiger partial charge in [0, 0.05) is 19.1 Å². The summed E-state index contributed by atoms with van der Waals surface area (Å²) < 4.78 is 40.5. The zero-order valence-electron chi connectivity index (χ0n) is 6.27. The smallest absolute Gasteiger partial charge is 0.369 e. The molecule has 2 unspecified atom stereocenters. The number of rotatable bonds is 1. The SMILES string of the molecule is ONC1CCOC(C(F)(F)F)C1. The van der Waals surface area contributed by atoms with E-state index in [0.29, 0.717) is 6.42 Å². The minimum Gasteiger partial charge on any atom is -0.369 e. The first-order valence-corrected chi connectivity index (χ1v) is 3.62. The van der Waals surface area contributed by atoms with Crippen molar-refractivity contribution in [3.8, 4) is 0 Å². The largest absolute Gasteiger partial charge is 0.414 e. The minimum atomic E-state index is -4.32. The van der Waals surface area contributed by atoms with Crippen molar-refractivity contribution in [3.05, 3.63) is 0 Å². The zero-order chi connectivity index (χ0) is 9.19. The van der Waals surface area contributed by atoms with Crippen LogP contribution >= 0.6 is 0 Å². The first-order chi connectivity index (χ1) is 5.54. The molecule has 2 N–H and O–H groups in total. The molecular weight excluding hydrogens is 175 g/mol. The molecular formula is C6H10F3NO2. The summed E-state index contributed by atoms with van der Waals surface area (Å²) in [6, 6.07) is -0.509. The van der Waals surface area contributed by atoms with Gasteiger partial charge in [-0.05, 0) is 6.42 Å². The predicted molar refractivity (Wildman–Crippen MR) is 33.7 cm³/mol. The molecule has 1 saturated heterocycles. The second-order valence-corrected chi connectivity index (χ2v) is 2.75. The Morgan fingerprint density at radius 1 is 1.42 bits per heavy atom. The van der Waals surface area contributed by atoms with Crippen molar-refractivity contribution < 1.29 is 23.1 Å². The molecule has 12 heavy (non-hydrogen) atoms. The molecule has 0 aromatic rings. The van der Waals surface area contributed by atoms with Crippen LogP contribution in [0.25, 0.3) is 0 Å². The average Bonchev–Trinajstić information content (AvgIpc) is 2.03. The molecule has 0 radical (unpaired) electrons. The fraction of sp³-hybridized carbons (Fsp3) is 1.00. The van der Waals surface area contributed by atoms with Gasteiger partial charge in [-0.2, -0.15) is 13.2 Å². The van der Waals surface area contributed by atoms with Gasteiger partial charge < -0.3 is 9.94 Å².